The summed E-state index contributed by atoms with van der Waals surface area (Å²) in [7, 11) is -2.81. The number of ether oxygens (including phenoxy) is 4. The predicted octanol–water partition coefficient (Wildman–Crippen LogP) is 7.82. The fraction of sp³-hybridized carbons (Fsp3) is 0.674. The number of fused-ring (bicyclic) bond motifs is 3. The summed E-state index contributed by atoms with van der Waals surface area (Å²) in [5.74, 6) is -0.133. The molecule has 3 rings (SSSR count). The van der Waals surface area contributed by atoms with E-state index in [9.17, 15) is 16.8 Å². The molecule has 12 heteroatoms. The van der Waals surface area contributed by atoms with Gasteiger partial charge in [-0.15, -0.1) is 0 Å². The zero-order valence-corrected chi connectivity index (χ0v) is 37.0. The molecule has 0 N–H and O–H groups in total. The summed E-state index contributed by atoms with van der Waals surface area (Å²) in [4.78, 5) is 0. The van der Waals surface area contributed by atoms with Crippen LogP contribution in [0.25, 0.3) is 11.1 Å². The zero-order chi connectivity index (χ0) is 41.0. The molecule has 1 aliphatic carbocycles. The van der Waals surface area contributed by atoms with Gasteiger partial charge in [-0.1, -0.05) is 81.5 Å². The van der Waals surface area contributed by atoms with Gasteiger partial charge in [0.15, 0.2) is 0 Å². The molecule has 2 aromatic rings. The molecule has 2 atom stereocenters. The van der Waals surface area contributed by atoms with E-state index in [2.05, 4.69) is 31.2 Å². The summed E-state index contributed by atoms with van der Waals surface area (Å²) in [6, 6.07) is 16.6. The highest BCUT2D eigenvalue weighted by Gasteiger charge is 2.45. The molecule has 0 aromatic heterocycles. The van der Waals surface area contributed by atoms with Gasteiger partial charge in [0, 0.05) is 39.8 Å². The number of allylic oxidation sites excluding steroid dienone is 1. The first kappa shape index (κ1) is 47.2. The van der Waals surface area contributed by atoms with Crippen molar-refractivity contribution in [2.75, 3.05) is 72.4 Å². The van der Waals surface area contributed by atoms with Gasteiger partial charge in [0.1, 0.15) is 0 Å². The standard InChI is InChI=1S/C43H70N2O8S2/c1-11-14-25-42(7,34-52-10)45(29-31-51-9)55(48,49)33-20-27-43(38-23-17-15-21-36(38)37-22-16-18-24-39(37)43)26-19-32-54(46,47)44(28-30-50-8)41(6,13-3)35-53-40(4,5)12-2/h14-18,21-25H,11-13,19-20,26-35H2,1-10H3/b25-14+. The molecule has 0 aliphatic heterocycles. The highest BCUT2D eigenvalue weighted by Crippen LogP contribution is 2.53. The normalized spacial score (nSPS) is 16.7. The highest BCUT2D eigenvalue weighted by molar-refractivity contribution is 7.89. The number of sulfonamides is 2. The van der Waals surface area contributed by atoms with Crippen molar-refractivity contribution in [3.8, 4) is 11.1 Å². The van der Waals surface area contributed by atoms with Gasteiger partial charge in [-0.25, -0.2) is 16.8 Å². The molecule has 0 spiro atoms. The maximum atomic E-state index is 14.4. The van der Waals surface area contributed by atoms with E-state index in [0.29, 0.717) is 32.1 Å². The molecular weight excluding hydrogens is 737 g/mol. The van der Waals surface area contributed by atoms with E-state index in [4.69, 9.17) is 18.9 Å². The third kappa shape index (κ3) is 11.5. The van der Waals surface area contributed by atoms with Crippen LogP contribution in [0.3, 0.4) is 0 Å². The van der Waals surface area contributed by atoms with Crippen molar-refractivity contribution in [3.63, 3.8) is 0 Å². The summed E-state index contributed by atoms with van der Waals surface area (Å²) in [6.45, 7) is 15.4. The molecule has 10 nitrogen and oxygen atoms in total. The number of methoxy groups -OCH3 is 3. The zero-order valence-electron chi connectivity index (χ0n) is 35.4. The SMILES string of the molecule is CC/C=C/C(C)(COC)N(CCOC)S(=O)(=O)CCCC1(CCCS(=O)(=O)N(CCOC)C(C)(CC)COC(C)(C)CC)c2ccccc2-c2ccccc21. The summed E-state index contributed by atoms with van der Waals surface area (Å²) < 4.78 is 83.3. The number of nitrogens with zero attached hydrogens (tertiary/aromatic N) is 2. The van der Waals surface area contributed by atoms with Crippen molar-refractivity contribution in [2.45, 2.75) is 116 Å². The van der Waals surface area contributed by atoms with Crippen LogP contribution in [0.2, 0.25) is 0 Å². The Morgan fingerprint density at radius 3 is 1.62 bits per heavy atom. The second kappa shape index (κ2) is 20.5. The monoisotopic (exact) mass is 806 g/mol. The van der Waals surface area contributed by atoms with Crippen molar-refractivity contribution in [3.05, 3.63) is 71.8 Å². The number of benzene rings is 2. The van der Waals surface area contributed by atoms with E-state index < -0.39 is 36.5 Å². The molecule has 0 fully saturated rings. The van der Waals surface area contributed by atoms with Crippen LogP contribution in [0.5, 0.6) is 0 Å². The second-order valence-corrected chi connectivity index (χ2v) is 20.0. The average molecular weight is 807 g/mol. The lowest BCUT2D eigenvalue weighted by atomic mass is 9.71. The van der Waals surface area contributed by atoms with Gasteiger partial charge in [-0.05, 0) is 94.9 Å². The first-order valence-electron chi connectivity index (χ1n) is 20.0. The van der Waals surface area contributed by atoms with E-state index in [0.717, 1.165) is 35.1 Å². The molecule has 312 valence electrons. The Labute approximate surface area is 334 Å². The Bertz CT molecular complexity index is 1700. The lowest BCUT2D eigenvalue weighted by Crippen LogP contribution is -2.55. The topological polar surface area (TPSA) is 112 Å². The fourth-order valence-electron chi connectivity index (χ4n) is 7.89. The third-order valence-corrected chi connectivity index (χ3v) is 15.7. The average Bonchev–Trinajstić information content (AvgIpc) is 3.42. The molecule has 0 radical (unpaired) electrons. The Hall–Kier alpha value is -2.16. The van der Waals surface area contributed by atoms with E-state index in [1.807, 2.05) is 78.0 Å². The van der Waals surface area contributed by atoms with Crippen molar-refractivity contribution in [1.29, 1.82) is 0 Å². The van der Waals surface area contributed by atoms with E-state index >= 15 is 0 Å². The minimum Gasteiger partial charge on any atom is -0.383 e. The molecule has 0 heterocycles. The van der Waals surface area contributed by atoms with Crippen LogP contribution in [-0.2, 0) is 44.4 Å². The Balaban J connectivity index is 1.99. The lowest BCUT2D eigenvalue weighted by Gasteiger charge is -2.41. The van der Waals surface area contributed by atoms with Crippen molar-refractivity contribution in [1.82, 2.24) is 8.61 Å². The molecule has 1 aliphatic rings. The van der Waals surface area contributed by atoms with Crippen molar-refractivity contribution < 1.29 is 35.8 Å². The van der Waals surface area contributed by atoms with Gasteiger partial charge < -0.3 is 18.9 Å². The van der Waals surface area contributed by atoms with Crippen LogP contribution in [-0.4, -0.2) is 114 Å². The number of hydrogen-bond donors (Lipinski definition) is 0. The van der Waals surface area contributed by atoms with E-state index in [-0.39, 0.29) is 56.6 Å². The van der Waals surface area contributed by atoms with Crippen LogP contribution in [0.15, 0.2) is 60.7 Å². The smallest absolute Gasteiger partial charge is 0.215 e. The van der Waals surface area contributed by atoms with Crippen LogP contribution >= 0.6 is 0 Å². The summed E-state index contributed by atoms with van der Waals surface area (Å²) >= 11 is 0. The van der Waals surface area contributed by atoms with E-state index in [1.165, 1.54) is 4.31 Å². The van der Waals surface area contributed by atoms with Crippen LogP contribution in [0.1, 0.15) is 105 Å². The number of rotatable bonds is 27. The van der Waals surface area contributed by atoms with E-state index in [1.54, 1.807) is 25.6 Å². The van der Waals surface area contributed by atoms with Gasteiger partial charge >= 0.3 is 0 Å². The van der Waals surface area contributed by atoms with Gasteiger partial charge in [0.25, 0.3) is 0 Å². The van der Waals surface area contributed by atoms with Crippen LogP contribution in [0.4, 0.5) is 0 Å². The molecule has 0 saturated carbocycles. The van der Waals surface area contributed by atoms with Crippen molar-refractivity contribution in [2.24, 2.45) is 0 Å². The fourth-order valence-corrected chi connectivity index (χ4v) is 11.7. The second-order valence-electron chi connectivity index (χ2n) is 16.0. The number of hydrogen-bond acceptors (Lipinski definition) is 8. The maximum absolute atomic E-state index is 14.4. The van der Waals surface area contributed by atoms with Crippen LogP contribution < -0.4 is 0 Å². The quantitative estimate of drug-likeness (QED) is 0.0842. The molecular formula is C43H70N2O8S2. The maximum Gasteiger partial charge on any atom is 0.215 e. The minimum atomic E-state index is -3.78. The molecule has 2 aromatic carbocycles. The first-order chi connectivity index (χ1) is 26.0. The summed E-state index contributed by atoms with van der Waals surface area (Å²) in [5, 5.41) is 0. The van der Waals surface area contributed by atoms with Crippen LogP contribution in [0, 0.1) is 0 Å². The lowest BCUT2D eigenvalue weighted by molar-refractivity contribution is -0.0651. The first-order valence-corrected chi connectivity index (χ1v) is 23.2. The Morgan fingerprint density at radius 2 is 1.16 bits per heavy atom. The largest absolute Gasteiger partial charge is 0.383 e. The van der Waals surface area contributed by atoms with Gasteiger partial charge in [-0.3, -0.25) is 0 Å². The van der Waals surface area contributed by atoms with Crippen molar-refractivity contribution >= 4 is 20.0 Å². The molecule has 2 unspecified atom stereocenters. The summed E-state index contributed by atoms with van der Waals surface area (Å²) in [6.07, 6.45) is 7.87. The van der Waals surface area contributed by atoms with Gasteiger partial charge in [0.05, 0.1) is 54.6 Å². The highest BCUT2D eigenvalue weighted by atomic mass is 32.2. The minimum absolute atomic E-state index is 0.0577. The molecule has 0 saturated heterocycles. The Kier molecular flexibility index (Phi) is 17.6. The molecule has 0 amide bonds. The molecule has 0 bridgehead atoms. The predicted molar refractivity (Wildman–Crippen MR) is 225 cm³/mol. The molecule has 55 heavy (non-hydrogen) atoms. The Morgan fingerprint density at radius 1 is 0.673 bits per heavy atom. The summed E-state index contributed by atoms with van der Waals surface area (Å²) in [5.41, 5.74) is 1.83. The van der Waals surface area contributed by atoms with Gasteiger partial charge in [0.2, 0.25) is 20.0 Å². The third-order valence-electron chi connectivity index (χ3n) is 11.6. The van der Waals surface area contributed by atoms with Gasteiger partial charge in [-0.2, -0.15) is 8.61 Å².